The van der Waals surface area contributed by atoms with Crippen LogP contribution in [0.25, 0.3) is 0 Å². The van der Waals surface area contributed by atoms with Crippen molar-refractivity contribution in [3.05, 3.63) is 84.4 Å². The third kappa shape index (κ3) is 4.52. The Kier molecular flexibility index (Phi) is 6.68. The number of nitrogens with zero attached hydrogens (tertiary/aromatic N) is 3. The molecule has 0 bridgehead atoms. The first-order chi connectivity index (χ1) is 13.8. The molecule has 0 aliphatic rings. The minimum atomic E-state index is 0.814. The molecule has 3 rings (SSSR count). The molecule has 4 nitrogen and oxygen atoms in total. The summed E-state index contributed by atoms with van der Waals surface area (Å²) in [7, 11) is 1.70. The fourth-order valence-corrected chi connectivity index (χ4v) is 3.13. The van der Waals surface area contributed by atoms with Crippen LogP contribution in [0, 0.1) is 0 Å². The molecule has 3 aromatic carbocycles. The Balaban J connectivity index is 1.95. The number of hydrazone groups is 1. The van der Waals surface area contributed by atoms with Crippen molar-refractivity contribution in [2.24, 2.45) is 5.10 Å². The maximum atomic E-state index is 5.63. The molecule has 0 aliphatic heterocycles. The molecule has 0 spiro atoms. The SMILES string of the molecule is CCN(CC)c1ccc(C=NN(c2ccccc2)c2ccccc2)c(OC)c1. The van der Waals surface area contributed by atoms with Gasteiger partial charge in [0.1, 0.15) is 5.75 Å². The van der Waals surface area contributed by atoms with Gasteiger partial charge in [-0.05, 0) is 50.2 Å². The second-order valence-corrected chi connectivity index (χ2v) is 6.33. The molecule has 0 amide bonds. The van der Waals surface area contributed by atoms with Gasteiger partial charge in [0.2, 0.25) is 0 Å². The third-order valence-electron chi connectivity index (χ3n) is 4.66. The summed E-state index contributed by atoms with van der Waals surface area (Å²) in [6, 6.07) is 26.5. The number of para-hydroxylation sites is 2. The standard InChI is InChI=1S/C24H27N3O/c1-4-26(5-2)23-17-16-20(24(18-23)28-3)19-25-27(21-12-8-6-9-13-21)22-14-10-7-11-15-22/h6-19H,4-5H2,1-3H3. The lowest BCUT2D eigenvalue weighted by atomic mass is 10.2. The van der Waals surface area contributed by atoms with Gasteiger partial charge in [-0.3, -0.25) is 0 Å². The zero-order valence-electron chi connectivity index (χ0n) is 16.7. The van der Waals surface area contributed by atoms with Gasteiger partial charge in [0, 0.05) is 30.4 Å². The Morgan fingerprint density at radius 1 is 0.786 bits per heavy atom. The van der Waals surface area contributed by atoms with E-state index in [0.717, 1.165) is 41.5 Å². The molecule has 3 aromatic rings. The molecule has 0 saturated carbocycles. The van der Waals surface area contributed by atoms with E-state index in [2.05, 4.69) is 36.9 Å². The van der Waals surface area contributed by atoms with Crippen molar-refractivity contribution in [3.63, 3.8) is 0 Å². The van der Waals surface area contributed by atoms with Crippen molar-refractivity contribution in [1.29, 1.82) is 0 Å². The molecule has 0 saturated heterocycles. The number of hydrogen-bond acceptors (Lipinski definition) is 4. The number of anilines is 3. The number of rotatable bonds is 8. The molecule has 0 N–H and O–H groups in total. The van der Waals surface area contributed by atoms with Gasteiger partial charge in [-0.1, -0.05) is 36.4 Å². The Bertz CT molecular complexity index is 851. The van der Waals surface area contributed by atoms with E-state index in [0.29, 0.717) is 0 Å². The molecule has 0 unspecified atom stereocenters. The highest BCUT2D eigenvalue weighted by atomic mass is 16.5. The highest BCUT2D eigenvalue weighted by Crippen LogP contribution is 2.27. The van der Waals surface area contributed by atoms with Crippen LogP contribution < -0.4 is 14.6 Å². The first-order valence-corrected chi connectivity index (χ1v) is 9.64. The van der Waals surface area contributed by atoms with Gasteiger partial charge in [-0.25, -0.2) is 5.01 Å². The first kappa shape index (κ1) is 19.5. The zero-order valence-corrected chi connectivity index (χ0v) is 16.7. The number of ether oxygens (including phenoxy) is 1. The third-order valence-corrected chi connectivity index (χ3v) is 4.66. The van der Waals surface area contributed by atoms with Crippen molar-refractivity contribution in [1.82, 2.24) is 0 Å². The van der Waals surface area contributed by atoms with E-state index < -0.39 is 0 Å². The van der Waals surface area contributed by atoms with Crippen LogP contribution >= 0.6 is 0 Å². The van der Waals surface area contributed by atoms with Crippen molar-refractivity contribution in [2.75, 3.05) is 30.1 Å². The Labute approximate surface area is 167 Å². The summed E-state index contributed by atoms with van der Waals surface area (Å²) in [5, 5.41) is 6.70. The molecule has 4 heteroatoms. The minimum Gasteiger partial charge on any atom is -0.496 e. The number of hydrogen-bond donors (Lipinski definition) is 0. The van der Waals surface area contributed by atoms with E-state index in [1.54, 1.807) is 7.11 Å². The average molecular weight is 374 g/mol. The molecule has 144 valence electrons. The zero-order chi connectivity index (χ0) is 19.8. The number of methoxy groups -OCH3 is 1. The largest absolute Gasteiger partial charge is 0.496 e. The lowest BCUT2D eigenvalue weighted by Crippen LogP contribution is -2.21. The van der Waals surface area contributed by atoms with Gasteiger partial charge >= 0.3 is 0 Å². The topological polar surface area (TPSA) is 28.1 Å². The normalized spacial score (nSPS) is 10.8. The second-order valence-electron chi connectivity index (χ2n) is 6.33. The molecular formula is C24H27N3O. The van der Waals surface area contributed by atoms with E-state index in [9.17, 15) is 0 Å². The van der Waals surface area contributed by atoms with Gasteiger partial charge in [-0.15, -0.1) is 0 Å². The molecule has 28 heavy (non-hydrogen) atoms. The summed E-state index contributed by atoms with van der Waals surface area (Å²) in [4.78, 5) is 2.30. The smallest absolute Gasteiger partial charge is 0.129 e. The predicted molar refractivity (Wildman–Crippen MR) is 119 cm³/mol. The highest BCUT2D eigenvalue weighted by molar-refractivity contribution is 5.86. The summed E-state index contributed by atoms with van der Waals surface area (Å²) in [5.41, 5.74) is 4.10. The van der Waals surface area contributed by atoms with E-state index in [-0.39, 0.29) is 0 Å². The molecule has 0 aromatic heterocycles. The van der Waals surface area contributed by atoms with Crippen LogP contribution in [0.1, 0.15) is 19.4 Å². The van der Waals surface area contributed by atoms with Gasteiger partial charge in [0.25, 0.3) is 0 Å². The molecule has 0 aliphatic carbocycles. The predicted octanol–water partition coefficient (Wildman–Crippen LogP) is 5.71. The fraction of sp³-hybridized carbons (Fsp3) is 0.208. The molecule has 0 atom stereocenters. The van der Waals surface area contributed by atoms with Crippen LogP contribution in [0.4, 0.5) is 17.1 Å². The van der Waals surface area contributed by atoms with Gasteiger partial charge in [-0.2, -0.15) is 5.10 Å². The summed E-state index contributed by atoms with van der Waals surface area (Å²) < 4.78 is 5.63. The monoisotopic (exact) mass is 373 g/mol. The van der Waals surface area contributed by atoms with Crippen molar-refractivity contribution in [3.8, 4) is 5.75 Å². The van der Waals surface area contributed by atoms with Crippen LogP contribution in [-0.4, -0.2) is 26.4 Å². The van der Waals surface area contributed by atoms with Crippen LogP contribution in [-0.2, 0) is 0 Å². The first-order valence-electron chi connectivity index (χ1n) is 9.64. The van der Waals surface area contributed by atoms with E-state index in [4.69, 9.17) is 9.84 Å². The lowest BCUT2D eigenvalue weighted by Gasteiger charge is -2.22. The molecule has 0 heterocycles. The Morgan fingerprint density at radius 3 is 1.86 bits per heavy atom. The fourth-order valence-electron chi connectivity index (χ4n) is 3.13. The highest BCUT2D eigenvalue weighted by Gasteiger charge is 2.09. The van der Waals surface area contributed by atoms with Crippen molar-refractivity contribution >= 4 is 23.3 Å². The molecule has 0 radical (unpaired) electrons. The number of benzene rings is 3. The summed E-state index contributed by atoms with van der Waals surface area (Å²) >= 11 is 0. The van der Waals surface area contributed by atoms with Crippen molar-refractivity contribution in [2.45, 2.75) is 13.8 Å². The maximum Gasteiger partial charge on any atom is 0.129 e. The van der Waals surface area contributed by atoms with Gasteiger partial charge in [0.15, 0.2) is 0 Å². The Hall–Kier alpha value is -3.27. The van der Waals surface area contributed by atoms with Crippen LogP contribution in [0.5, 0.6) is 5.75 Å². The van der Waals surface area contributed by atoms with Crippen LogP contribution in [0.2, 0.25) is 0 Å². The summed E-state index contributed by atoms with van der Waals surface area (Å²) in [6.45, 7) is 6.23. The van der Waals surface area contributed by atoms with Crippen LogP contribution in [0.15, 0.2) is 84.0 Å². The molecule has 0 fully saturated rings. The van der Waals surface area contributed by atoms with Gasteiger partial charge in [0.05, 0.1) is 24.7 Å². The van der Waals surface area contributed by atoms with E-state index >= 15 is 0 Å². The van der Waals surface area contributed by atoms with E-state index in [1.165, 1.54) is 0 Å². The van der Waals surface area contributed by atoms with Crippen molar-refractivity contribution < 1.29 is 4.74 Å². The summed E-state index contributed by atoms with van der Waals surface area (Å²) in [6.07, 6.45) is 1.85. The quantitative estimate of drug-likeness (QED) is 0.374. The minimum absolute atomic E-state index is 0.814. The van der Waals surface area contributed by atoms with Gasteiger partial charge < -0.3 is 9.64 Å². The lowest BCUT2D eigenvalue weighted by molar-refractivity contribution is 0.414. The van der Waals surface area contributed by atoms with Crippen LogP contribution in [0.3, 0.4) is 0 Å². The Morgan fingerprint density at radius 2 is 1.36 bits per heavy atom. The maximum absolute atomic E-state index is 5.63. The molecular weight excluding hydrogens is 346 g/mol. The van der Waals surface area contributed by atoms with E-state index in [1.807, 2.05) is 71.9 Å². The second kappa shape index (κ2) is 9.60. The average Bonchev–Trinajstić information content (AvgIpc) is 2.77. The summed E-state index contributed by atoms with van der Waals surface area (Å²) in [5.74, 6) is 0.814.